The molecular formula is C24H26N12O. The van der Waals surface area contributed by atoms with Crippen LogP contribution in [0, 0.1) is 0 Å². The van der Waals surface area contributed by atoms with E-state index in [-0.39, 0.29) is 12.1 Å². The molecule has 7 N–H and O–H groups in total. The second-order valence-corrected chi connectivity index (χ2v) is 8.30. The zero-order chi connectivity index (χ0) is 24.6. The first-order valence-corrected chi connectivity index (χ1v) is 11.5. The summed E-state index contributed by atoms with van der Waals surface area (Å²) in [6.45, 7) is 2.70. The van der Waals surface area contributed by atoms with E-state index in [1.165, 1.54) is 0 Å². The number of nitrogens with one attached hydrogen (secondary N) is 2. The van der Waals surface area contributed by atoms with E-state index < -0.39 is 0 Å². The largest absolute Gasteiger partial charge is 0.481 e. The van der Waals surface area contributed by atoms with Crippen LogP contribution in [0.25, 0.3) is 33.3 Å². The third-order valence-electron chi connectivity index (χ3n) is 6.22. The quantitative estimate of drug-likeness (QED) is 0.269. The molecular weight excluding hydrogens is 472 g/mol. The van der Waals surface area contributed by atoms with Crippen molar-refractivity contribution in [3.63, 3.8) is 0 Å². The third kappa shape index (κ3) is 4.10. The van der Waals surface area contributed by atoms with Crippen molar-refractivity contribution in [1.29, 1.82) is 0 Å². The van der Waals surface area contributed by atoms with Crippen LogP contribution in [0.5, 0.6) is 5.88 Å². The molecule has 0 radical (unpaired) electrons. The fraction of sp³-hybridized carbons (Fsp3) is 0.208. The van der Waals surface area contributed by atoms with Crippen LogP contribution in [0.3, 0.4) is 0 Å². The zero-order valence-electron chi connectivity index (χ0n) is 20.4. The molecule has 0 amide bonds. The first-order chi connectivity index (χ1) is 17.7. The molecule has 5 aromatic rings. The molecule has 0 saturated carbocycles. The Balaban J connectivity index is 0.00000280. The van der Waals surface area contributed by atoms with Gasteiger partial charge in [0.2, 0.25) is 5.88 Å². The number of methoxy groups -OCH3 is 1. The number of hydrogen-bond acceptors (Lipinski definition) is 11. The molecule has 188 valence electrons. The van der Waals surface area contributed by atoms with Crippen molar-refractivity contribution in [1.82, 2.24) is 46.3 Å². The molecule has 13 heteroatoms. The van der Waals surface area contributed by atoms with E-state index in [4.69, 9.17) is 10.5 Å². The van der Waals surface area contributed by atoms with Gasteiger partial charge in [-0.15, -0.1) is 0 Å². The van der Waals surface area contributed by atoms with Gasteiger partial charge in [-0.25, -0.2) is 24.9 Å². The van der Waals surface area contributed by atoms with Crippen molar-refractivity contribution >= 4 is 40.0 Å². The Labute approximate surface area is 211 Å². The molecule has 0 aliphatic carbocycles. The van der Waals surface area contributed by atoms with Crippen molar-refractivity contribution in [2.45, 2.75) is 19.3 Å². The van der Waals surface area contributed by atoms with Gasteiger partial charge in [-0.2, -0.15) is 5.10 Å². The van der Waals surface area contributed by atoms with Crippen LogP contribution >= 0.6 is 0 Å². The minimum Gasteiger partial charge on any atom is -0.481 e. The van der Waals surface area contributed by atoms with Gasteiger partial charge in [0.25, 0.3) is 0 Å². The van der Waals surface area contributed by atoms with Gasteiger partial charge in [0.15, 0.2) is 22.9 Å². The van der Waals surface area contributed by atoms with Crippen molar-refractivity contribution in [2.75, 3.05) is 24.3 Å². The number of nitrogens with zero attached hydrogens (tertiary/aromatic N) is 8. The molecule has 1 unspecified atom stereocenters. The van der Waals surface area contributed by atoms with Crippen molar-refractivity contribution < 1.29 is 4.74 Å². The van der Waals surface area contributed by atoms with E-state index in [2.05, 4.69) is 58.1 Å². The van der Waals surface area contributed by atoms with E-state index in [0.717, 1.165) is 27.9 Å². The number of ether oxygens (including phenoxy) is 1. The zero-order valence-corrected chi connectivity index (χ0v) is 20.4. The standard InChI is InChI=1S/C24H23N11O.H3N/c1-3-15(21-31-19(25)18-22(32-21)30-12-29-18)16-8-13(11-28-24(16)36-2)14-9-17-20(27-10-14)33-34-23(17)35-6-4-26-5-7-35;/h4-6,8-12,15H,3,7H2,1-2H3,(H,27,33,34)(H3,25,29,30,31,32);1H3. The summed E-state index contributed by atoms with van der Waals surface area (Å²) in [5.41, 5.74) is 10.7. The normalized spacial score (nSPS) is 13.7. The summed E-state index contributed by atoms with van der Waals surface area (Å²) in [7, 11) is 1.60. The maximum absolute atomic E-state index is 6.18. The molecule has 1 aliphatic heterocycles. The number of hydrogen-bond donors (Lipinski definition) is 4. The van der Waals surface area contributed by atoms with Gasteiger partial charge in [-0.1, -0.05) is 6.92 Å². The minimum atomic E-state index is -0.199. The van der Waals surface area contributed by atoms with Gasteiger partial charge >= 0.3 is 0 Å². The van der Waals surface area contributed by atoms with Gasteiger partial charge in [-0.05, 0) is 18.6 Å². The summed E-state index contributed by atoms with van der Waals surface area (Å²) in [5.74, 6) is 2.01. The maximum atomic E-state index is 6.18. The van der Waals surface area contributed by atoms with Crippen molar-refractivity contribution in [3.8, 4) is 17.0 Å². The SMILES string of the molecule is CCC(c1nc(N)c2[nH]cnc2n1)c1cc(-c2cnc3[nH]nc(N4C=CN=CC4)c3c2)cnc1OC.N. The first-order valence-electron chi connectivity index (χ1n) is 11.5. The fourth-order valence-corrected chi connectivity index (χ4v) is 4.42. The fourth-order valence-electron chi connectivity index (χ4n) is 4.42. The van der Waals surface area contributed by atoms with Crippen LogP contribution in [0.4, 0.5) is 11.6 Å². The topological polar surface area (TPSA) is 195 Å². The lowest BCUT2D eigenvalue weighted by Crippen LogP contribution is -2.20. The summed E-state index contributed by atoms with van der Waals surface area (Å²) in [6, 6.07) is 4.10. The van der Waals surface area contributed by atoms with Crippen LogP contribution in [-0.4, -0.2) is 60.0 Å². The van der Waals surface area contributed by atoms with E-state index in [9.17, 15) is 0 Å². The van der Waals surface area contributed by atoms with Crippen molar-refractivity contribution in [3.05, 3.63) is 54.6 Å². The molecule has 1 atom stereocenters. The minimum absolute atomic E-state index is 0. The number of aromatic amines is 2. The molecule has 6 heterocycles. The molecule has 6 rings (SSSR count). The number of nitrogens with two attached hydrogens (primary N) is 1. The van der Waals surface area contributed by atoms with Gasteiger partial charge in [0, 0.05) is 53.6 Å². The molecule has 0 bridgehead atoms. The summed E-state index contributed by atoms with van der Waals surface area (Å²) in [4.78, 5) is 31.8. The summed E-state index contributed by atoms with van der Waals surface area (Å²) in [5, 5.41) is 8.37. The maximum Gasteiger partial charge on any atom is 0.217 e. The van der Waals surface area contributed by atoms with E-state index in [1.807, 2.05) is 23.4 Å². The number of pyridine rings is 2. The van der Waals surface area contributed by atoms with Crippen LogP contribution in [-0.2, 0) is 0 Å². The molecule has 37 heavy (non-hydrogen) atoms. The number of rotatable bonds is 6. The Kier molecular flexibility index (Phi) is 6.19. The molecule has 0 aromatic carbocycles. The number of H-pyrrole nitrogens is 2. The van der Waals surface area contributed by atoms with E-state index in [0.29, 0.717) is 47.3 Å². The number of fused-ring (bicyclic) bond motifs is 2. The Bertz CT molecular complexity index is 1640. The molecule has 13 nitrogen and oxygen atoms in total. The first kappa shape index (κ1) is 23.8. The van der Waals surface area contributed by atoms with Crippen molar-refractivity contribution in [2.24, 2.45) is 4.99 Å². The Morgan fingerprint density at radius 1 is 1.14 bits per heavy atom. The Hall–Kier alpha value is -4.91. The smallest absolute Gasteiger partial charge is 0.217 e. The van der Waals surface area contributed by atoms with Crippen LogP contribution < -0.4 is 21.5 Å². The average Bonchev–Trinajstić information content (AvgIpc) is 3.57. The highest BCUT2D eigenvalue weighted by Gasteiger charge is 2.24. The average molecular weight is 499 g/mol. The summed E-state index contributed by atoms with van der Waals surface area (Å²) < 4.78 is 5.62. The van der Waals surface area contributed by atoms with Gasteiger partial charge in [-0.3, -0.25) is 10.1 Å². The van der Waals surface area contributed by atoms with Gasteiger partial charge in [0.1, 0.15) is 11.3 Å². The molecule has 0 spiro atoms. The Morgan fingerprint density at radius 3 is 2.76 bits per heavy atom. The Morgan fingerprint density at radius 2 is 1.97 bits per heavy atom. The molecule has 0 saturated heterocycles. The van der Waals surface area contributed by atoms with Crippen LogP contribution in [0.2, 0.25) is 0 Å². The predicted octanol–water partition coefficient (Wildman–Crippen LogP) is 3.34. The van der Waals surface area contributed by atoms with Crippen LogP contribution in [0.1, 0.15) is 30.7 Å². The van der Waals surface area contributed by atoms with Crippen LogP contribution in [0.15, 0.2) is 48.2 Å². The monoisotopic (exact) mass is 498 g/mol. The summed E-state index contributed by atoms with van der Waals surface area (Å²) in [6.07, 6.45) is 11.3. The van der Waals surface area contributed by atoms with E-state index >= 15 is 0 Å². The highest BCUT2D eigenvalue weighted by Crippen LogP contribution is 2.36. The highest BCUT2D eigenvalue weighted by molar-refractivity contribution is 5.92. The lowest BCUT2D eigenvalue weighted by atomic mass is 9.94. The predicted molar refractivity (Wildman–Crippen MR) is 142 cm³/mol. The number of nitrogen functional groups attached to an aromatic ring is 1. The molecule has 5 aromatic heterocycles. The molecule has 1 aliphatic rings. The molecule has 0 fully saturated rings. The van der Waals surface area contributed by atoms with E-state index in [1.54, 1.807) is 32.0 Å². The number of aliphatic imine (C=N–C) groups is 1. The van der Waals surface area contributed by atoms with Gasteiger partial charge in [0.05, 0.1) is 25.4 Å². The lowest BCUT2D eigenvalue weighted by molar-refractivity contribution is 0.389. The number of anilines is 2. The lowest BCUT2D eigenvalue weighted by Gasteiger charge is -2.18. The highest BCUT2D eigenvalue weighted by atomic mass is 16.5. The third-order valence-corrected chi connectivity index (χ3v) is 6.22. The number of imidazole rings is 1. The second-order valence-electron chi connectivity index (χ2n) is 8.30. The second kappa shape index (κ2) is 9.62. The number of aromatic nitrogens is 8. The summed E-state index contributed by atoms with van der Waals surface area (Å²) >= 11 is 0. The van der Waals surface area contributed by atoms with Gasteiger partial charge < -0.3 is 26.5 Å².